The highest BCUT2D eigenvalue weighted by Gasteiger charge is 2.20. The summed E-state index contributed by atoms with van der Waals surface area (Å²) in [6, 6.07) is 28.3. The lowest BCUT2D eigenvalue weighted by molar-refractivity contribution is -0.137. The largest absolute Gasteiger partial charge is 0.497 e. The van der Waals surface area contributed by atoms with Crippen LogP contribution in [0.4, 0.5) is 5.69 Å². The van der Waals surface area contributed by atoms with E-state index in [-0.39, 0.29) is 24.4 Å². The number of carboxylic acids is 1. The Morgan fingerprint density at radius 3 is 2.28 bits per heavy atom. The Kier molecular flexibility index (Phi) is 10.9. The minimum atomic E-state index is -1.16. The van der Waals surface area contributed by atoms with E-state index in [4.69, 9.17) is 9.26 Å². The molecule has 1 heterocycles. The molecule has 0 saturated heterocycles. The number of benzene rings is 4. The molecule has 11 heteroatoms. The summed E-state index contributed by atoms with van der Waals surface area (Å²) in [7, 11) is 1.50. The molecule has 2 N–H and O–H groups in total. The van der Waals surface area contributed by atoms with Crippen molar-refractivity contribution in [2.24, 2.45) is 11.8 Å². The van der Waals surface area contributed by atoms with Gasteiger partial charge < -0.3 is 24.6 Å². The van der Waals surface area contributed by atoms with Crippen LogP contribution in [0.1, 0.15) is 46.5 Å². The topological polar surface area (TPSA) is 159 Å². The highest BCUT2D eigenvalue weighted by molar-refractivity contribution is 5.97. The summed E-state index contributed by atoms with van der Waals surface area (Å²) in [6.07, 6.45) is 6.64. The van der Waals surface area contributed by atoms with Gasteiger partial charge in [0.2, 0.25) is 11.7 Å². The highest BCUT2D eigenvalue weighted by atomic mass is 16.5. The van der Waals surface area contributed by atoms with Crippen LogP contribution in [0, 0.1) is 23.2 Å². The molecule has 2 amide bonds. The number of carbonyl (C=O) groups is 3. The van der Waals surface area contributed by atoms with Crippen molar-refractivity contribution < 1.29 is 28.8 Å². The van der Waals surface area contributed by atoms with Crippen molar-refractivity contribution in [3.05, 3.63) is 137 Å². The fourth-order valence-corrected chi connectivity index (χ4v) is 5.92. The van der Waals surface area contributed by atoms with Crippen molar-refractivity contribution in [2.45, 2.75) is 26.8 Å². The molecular weight excluding hydrogens is 670 g/mol. The van der Waals surface area contributed by atoms with Gasteiger partial charge in [-0.05, 0) is 82.6 Å². The van der Waals surface area contributed by atoms with E-state index in [1.54, 1.807) is 54.6 Å². The second kappa shape index (κ2) is 16.0. The normalized spacial score (nSPS) is 14.9. The van der Waals surface area contributed by atoms with Gasteiger partial charge in [-0.25, -0.2) is 0 Å². The molecule has 0 spiro atoms. The van der Waals surface area contributed by atoms with Crippen LogP contribution >= 0.6 is 0 Å². The van der Waals surface area contributed by atoms with Gasteiger partial charge in [0.05, 0.1) is 25.2 Å². The predicted molar refractivity (Wildman–Crippen MR) is 199 cm³/mol. The molecule has 4 aromatic carbocycles. The van der Waals surface area contributed by atoms with Crippen molar-refractivity contribution in [3.63, 3.8) is 0 Å². The van der Waals surface area contributed by atoms with E-state index in [2.05, 4.69) is 53.6 Å². The number of carbonyl (C=O) groups excluding carboxylic acids is 2. The van der Waals surface area contributed by atoms with E-state index in [1.165, 1.54) is 29.7 Å². The summed E-state index contributed by atoms with van der Waals surface area (Å²) in [5.41, 5.74) is 6.10. The summed E-state index contributed by atoms with van der Waals surface area (Å²) in [6.45, 7) is 3.95. The number of rotatable bonds is 12. The first kappa shape index (κ1) is 36.0. The summed E-state index contributed by atoms with van der Waals surface area (Å²) >= 11 is 0. The van der Waals surface area contributed by atoms with E-state index >= 15 is 0 Å². The molecule has 0 fully saturated rings. The van der Waals surface area contributed by atoms with Crippen molar-refractivity contribution in [1.82, 2.24) is 15.0 Å². The summed E-state index contributed by atoms with van der Waals surface area (Å²) < 4.78 is 10.7. The second-order valence-electron chi connectivity index (χ2n) is 12.9. The Labute approximate surface area is 306 Å². The van der Waals surface area contributed by atoms with Gasteiger partial charge in [0.1, 0.15) is 12.3 Å². The predicted octanol–water partition coefficient (Wildman–Crippen LogP) is 7.42. The molecule has 5 aromatic rings. The number of nitrogens with zero attached hydrogens (tertiary/aromatic N) is 4. The van der Waals surface area contributed by atoms with Crippen LogP contribution in [0.5, 0.6) is 5.75 Å². The first-order chi connectivity index (χ1) is 25.6. The Hall–Kier alpha value is -6.80. The van der Waals surface area contributed by atoms with Crippen LogP contribution in [0.2, 0.25) is 0 Å². The van der Waals surface area contributed by atoms with E-state index < -0.39 is 18.4 Å². The van der Waals surface area contributed by atoms with E-state index in [0.29, 0.717) is 57.2 Å². The molecule has 1 aliphatic carbocycles. The molecule has 0 bridgehead atoms. The van der Waals surface area contributed by atoms with Gasteiger partial charge in [-0.3, -0.25) is 14.4 Å². The van der Waals surface area contributed by atoms with Gasteiger partial charge in [0.25, 0.3) is 11.8 Å². The summed E-state index contributed by atoms with van der Waals surface area (Å²) in [5, 5.41) is 25.9. The maximum absolute atomic E-state index is 13.4. The monoisotopic (exact) mass is 707 g/mol. The van der Waals surface area contributed by atoms with Crippen molar-refractivity contribution in [3.8, 4) is 34.7 Å². The van der Waals surface area contributed by atoms with Crippen molar-refractivity contribution in [1.29, 1.82) is 5.26 Å². The fraction of sp³-hybridized carbons (Fsp3) is 0.190. The maximum atomic E-state index is 13.4. The number of amides is 2. The smallest absolute Gasteiger partial charge is 0.323 e. The number of hydrogen-bond donors (Lipinski definition) is 2. The number of aliphatic carboxylic acids is 1. The number of ether oxygens (including phenoxy) is 1. The molecule has 0 aliphatic heterocycles. The third-order valence-corrected chi connectivity index (χ3v) is 9.15. The number of nitriles is 1. The molecule has 6 rings (SSSR count). The average molecular weight is 708 g/mol. The quantitative estimate of drug-likeness (QED) is 0.135. The van der Waals surface area contributed by atoms with Gasteiger partial charge in [-0.1, -0.05) is 79.7 Å². The Morgan fingerprint density at radius 2 is 1.62 bits per heavy atom. The number of anilines is 1. The lowest BCUT2D eigenvalue weighted by Crippen LogP contribution is -2.35. The Balaban J connectivity index is 1.08. The first-order valence-electron chi connectivity index (χ1n) is 17.0. The van der Waals surface area contributed by atoms with E-state index in [9.17, 15) is 24.8 Å². The van der Waals surface area contributed by atoms with Crippen molar-refractivity contribution >= 4 is 29.0 Å². The number of methoxy groups -OCH3 is 1. The SMILES string of the molecule is COc1ccc(CC(=O)Nc2ccc(C(=O)N(CC(=O)O)Cc3ccc(-c4noc(-c5ccc(C6=CC(C)C(C)C=C6)cc5)n4)cc3)cc2)c(C#N)c1. The molecule has 1 aromatic heterocycles. The van der Waals surface area contributed by atoms with Crippen LogP contribution < -0.4 is 10.1 Å². The maximum Gasteiger partial charge on any atom is 0.323 e. The van der Waals surface area contributed by atoms with Crippen LogP contribution in [-0.2, 0) is 22.6 Å². The number of nitrogens with one attached hydrogen (secondary N) is 1. The highest BCUT2D eigenvalue weighted by Crippen LogP contribution is 2.30. The first-order valence-corrected chi connectivity index (χ1v) is 17.0. The van der Waals surface area contributed by atoms with Crippen LogP contribution in [-0.4, -0.2) is 51.6 Å². The van der Waals surface area contributed by atoms with Gasteiger partial charge >= 0.3 is 5.97 Å². The lowest BCUT2D eigenvalue weighted by Gasteiger charge is -2.21. The number of aromatic nitrogens is 2. The summed E-state index contributed by atoms with van der Waals surface area (Å²) in [4.78, 5) is 43.7. The molecule has 266 valence electrons. The average Bonchev–Trinajstić information content (AvgIpc) is 3.66. The van der Waals surface area contributed by atoms with Crippen molar-refractivity contribution in [2.75, 3.05) is 19.0 Å². The third kappa shape index (κ3) is 8.75. The zero-order valence-corrected chi connectivity index (χ0v) is 29.4. The molecule has 0 saturated carbocycles. The number of carboxylic acid groups (broad SMARTS) is 1. The van der Waals surface area contributed by atoms with Gasteiger partial charge in [0.15, 0.2) is 0 Å². The molecule has 2 atom stereocenters. The fourth-order valence-electron chi connectivity index (χ4n) is 5.92. The molecule has 11 nitrogen and oxygen atoms in total. The molecule has 0 radical (unpaired) electrons. The minimum Gasteiger partial charge on any atom is -0.497 e. The molecule has 2 unspecified atom stereocenters. The van der Waals surface area contributed by atoms with E-state index in [1.807, 2.05) is 24.3 Å². The second-order valence-corrected chi connectivity index (χ2v) is 12.9. The Bertz CT molecular complexity index is 2230. The van der Waals surface area contributed by atoms with Gasteiger partial charge in [-0.15, -0.1) is 0 Å². The summed E-state index contributed by atoms with van der Waals surface area (Å²) in [5.74, 6) is 0.309. The van der Waals surface area contributed by atoms with Gasteiger partial charge in [-0.2, -0.15) is 10.2 Å². The molecular formula is C42H37N5O6. The van der Waals surface area contributed by atoms with Crippen LogP contribution in [0.15, 0.2) is 114 Å². The number of hydrogen-bond acceptors (Lipinski definition) is 8. The zero-order chi connectivity index (χ0) is 37.5. The Morgan fingerprint density at radius 1 is 0.925 bits per heavy atom. The molecule has 53 heavy (non-hydrogen) atoms. The molecule has 1 aliphatic rings. The van der Waals surface area contributed by atoms with Crippen LogP contribution in [0.25, 0.3) is 28.4 Å². The number of allylic oxidation sites excluding steroid dienone is 4. The van der Waals surface area contributed by atoms with Gasteiger partial charge in [0, 0.05) is 28.9 Å². The third-order valence-electron chi connectivity index (χ3n) is 9.15. The lowest BCUT2D eigenvalue weighted by atomic mass is 9.86. The zero-order valence-electron chi connectivity index (χ0n) is 29.4. The standard InChI is InChI=1S/C42H37N5O6/c1-26-4-7-33(20-27(26)2)29-10-12-31(13-11-29)41-45-40(46-53-41)30-8-5-28(6-9-30)24-47(25-39(49)50)42(51)32-14-17-36(18-15-32)44-38(48)22-34-16-19-37(52-3)21-35(34)23-43/h4-21,26-27H,22,24-25H2,1-3H3,(H,44,48)(H,49,50). The van der Waals surface area contributed by atoms with E-state index in [0.717, 1.165) is 11.1 Å². The minimum absolute atomic E-state index is 0.0314. The van der Waals surface area contributed by atoms with Crippen LogP contribution in [0.3, 0.4) is 0 Å².